The summed E-state index contributed by atoms with van der Waals surface area (Å²) in [6.07, 6.45) is 0.734. The van der Waals surface area contributed by atoms with Gasteiger partial charge in [0, 0.05) is 18.3 Å². The van der Waals surface area contributed by atoms with Gasteiger partial charge in [-0.05, 0) is 38.0 Å². The Morgan fingerprint density at radius 2 is 2.10 bits per heavy atom. The van der Waals surface area contributed by atoms with Crippen molar-refractivity contribution < 1.29 is 22.7 Å². The second-order valence-electron chi connectivity index (χ2n) is 6.97. The lowest BCUT2D eigenvalue weighted by atomic mass is 10.3. The zero-order valence-corrected chi connectivity index (χ0v) is 15.5. The van der Waals surface area contributed by atoms with Crippen molar-refractivity contribution in [2.24, 2.45) is 5.92 Å². The lowest BCUT2D eigenvalue weighted by Gasteiger charge is -2.11. The molecular formula is C19H18F3N5O2. The number of aryl methyl sites for hydroxylation is 1. The van der Waals surface area contributed by atoms with Crippen LogP contribution in [0.1, 0.15) is 24.2 Å². The molecule has 1 amide bonds. The largest absolute Gasteiger partial charge is 0.482 e. The molecule has 0 unspecified atom stereocenters. The van der Waals surface area contributed by atoms with Gasteiger partial charge in [-0.15, -0.1) is 0 Å². The normalized spacial score (nSPS) is 14.2. The van der Waals surface area contributed by atoms with Gasteiger partial charge >= 0.3 is 6.18 Å². The van der Waals surface area contributed by atoms with E-state index in [0.717, 1.165) is 12.8 Å². The molecule has 1 saturated carbocycles. The lowest BCUT2D eigenvalue weighted by molar-refractivity contribution is -0.153. The molecule has 0 atom stereocenters. The molecule has 0 bridgehead atoms. The average Bonchev–Trinajstić information content (AvgIpc) is 3.41. The summed E-state index contributed by atoms with van der Waals surface area (Å²) in [5.74, 6) is 0.577. The van der Waals surface area contributed by atoms with E-state index in [-0.39, 0.29) is 17.6 Å². The van der Waals surface area contributed by atoms with Crippen molar-refractivity contribution in [3.8, 4) is 5.75 Å². The number of carbonyl (C=O) groups excluding carboxylic acids is 1. The summed E-state index contributed by atoms with van der Waals surface area (Å²) in [5, 5.41) is 8.01. The number of rotatable bonds is 6. The van der Waals surface area contributed by atoms with Crippen LogP contribution in [0.5, 0.6) is 5.75 Å². The van der Waals surface area contributed by atoms with Gasteiger partial charge in [-0.2, -0.15) is 18.3 Å². The van der Waals surface area contributed by atoms with Crippen molar-refractivity contribution in [3.63, 3.8) is 0 Å². The van der Waals surface area contributed by atoms with Crippen LogP contribution >= 0.6 is 0 Å². The van der Waals surface area contributed by atoms with E-state index in [9.17, 15) is 18.0 Å². The molecule has 29 heavy (non-hydrogen) atoms. The van der Waals surface area contributed by atoms with Crippen LogP contribution in [-0.4, -0.2) is 38.4 Å². The molecule has 1 aliphatic rings. The van der Waals surface area contributed by atoms with Gasteiger partial charge in [0.1, 0.15) is 11.6 Å². The molecule has 3 aromatic rings. The smallest absolute Gasteiger partial charge is 0.422 e. The number of aromatic nitrogens is 4. The molecule has 0 saturated heterocycles. The van der Waals surface area contributed by atoms with Gasteiger partial charge in [0.05, 0.1) is 28.8 Å². The van der Waals surface area contributed by atoms with E-state index in [0.29, 0.717) is 34.7 Å². The molecule has 3 heterocycles. The summed E-state index contributed by atoms with van der Waals surface area (Å²) >= 11 is 0. The Hall–Kier alpha value is -3.17. The second-order valence-corrected chi connectivity index (χ2v) is 6.97. The number of alkyl halides is 3. The van der Waals surface area contributed by atoms with E-state index in [4.69, 9.17) is 4.74 Å². The van der Waals surface area contributed by atoms with Gasteiger partial charge in [-0.25, -0.2) is 4.98 Å². The van der Waals surface area contributed by atoms with E-state index in [2.05, 4.69) is 20.4 Å². The Bertz CT molecular complexity index is 1060. The van der Waals surface area contributed by atoms with E-state index in [1.54, 1.807) is 36.1 Å². The van der Waals surface area contributed by atoms with Gasteiger partial charge in [0.25, 0.3) is 0 Å². The lowest BCUT2D eigenvalue weighted by Crippen LogP contribution is -2.19. The number of anilines is 1. The average molecular weight is 405 g/mol. The number of ether oxygens (including phenoxy) is 1. The Morgan fingerprint density at radius 1 is 1.31 bits per heavy atom. The van der Waals surface area contributed by atoms with Gasteiger partial charge in [0.2, 0.25) is 5.91 Å². The molecule has 3 aromatic heterocycles. The number of hydrogen-bond acceptors (Lipinski definition) is 5. The van der Waals surface area contributed by atoms with Gasteiger partial charge < -0.3 is 10.1 Å². The first-order chi connectivity index (χ1) is 13.8. The Morgan fingerprint density at radius 3 is 2.79 bits per heavy atom. The van der Waals surface area contributed by atoms with E-state index >= 15 is 0 Å². The Balaban J connectivity index is 1.50. The van der Waals surface area contributed by atoms with Crippen LogP contribution in [-0.2, 0) is 11.3 Å². The van der Waals surface area contributed by atoms with Crippen molar-refractivity contribution in [1.82, 2.24) is 19.7 Å². The third-order valence-electron chi connectivity index (χ3n) is 4.48. The Kier molecular flexibility index (Phi) is 4.85. The topological polar surface area (TPSA) is 81.9 Å². The highest BCUT2D eigenvalue weighted by Gasteiger charge is 2.30. The fourth-order valence-corrected chi connectivity index (χ4v) is 2.91. The van der Waals surface area contributed by atoms with Crippen molar-refractivity contribution >= 4 is 22.6 Å². The first kappa shape index (κ1) is 19.2. The molecule has 0 aromatic carbocycles. The van der Waals surface area contributed by atoms with Crippen LogP contribution in [0.15, 0.2) is 30.6 Å². The maximum absolute atomic E-state index is 12.3. The number of carbonyl (C=O) groups is 1. The molecule has 1 N–H and O–H groups in total. The fourth-order valence-electron chi connectivity index (χ4n) is 2.91. The standard InChI is InChI=1S/C19H18F3N5O2/c1-11-16(29-10-19(20,21)22)5-4-13(24-11)8-27-9-14-15(26-27)6-7-23-17(14)25-18(28)12-2-3-12/h4-7,9,12H,2-3,8,10H2,1H3,(H,23,25,28). The molecule has 1 fully saturated rings. The van der Waals surface area contributed by atoms with E-state index < -0.39 is 12.8 Å². The molecule has 10 heteroatoms. The van der Waals surface area contributed by atoms with Crippen molar-refractivity contribution in [1.29, 1.82) is 0 Å². The van der Waals surface area contributed by atoms with E-state index in [1.165, 1.54) is 6.07 Å². The summed E-state index contributed by atoms with van der Waals surface area (Å²) in [5.41, 5.74) is 1.65. The summed E-state index contributed by atoms with van der Waals surface area (Å²) in [6.45, 7) is 0.539. The van der Waals surface area contributed by atoms with Gasteiger partial charge in [-0.1, -0.05) is 0 Å². The predicted octanol–water partition coefficient (Wildman–Crippen LogP) is 3.47. The first-order valence-electron chi connectivity index (χ1n) is 9.07. The second kappa shape index (κ2) is 7.34. The molecule has 0 aliphatic heterocycles. The maximum atomic E-state index is 12.3. The highest BCUT2D eigenvalue weighted by atomic mass is 19.4. The van der Waals surface area contributed by atoms with Crippen LogP contribution in [0.4, 0.5) is 19.0 Å². The zero-order valence-electron chi connectivity index (χ0n) is 15.5. The van der Waals surface area contributed by atoms with Crippen LogP contribution in [0.25, 0.3) is 10.9 Å². The highest BCUT2D eigenvalue weighted by molar-refractivity contribution is 6.00. The third-order valence-corrected chi connectivity index (χ3v) is 4.48. The highest BCUT2D eigenvalue weighted by Crippen LogP contribution is 2.31. The number of halogens is 3. The van der Waals surface area contributed by atoms with E-state index in [1.807, 2.05) is 0 Å². The van der Waals surface area contributed by atoms with Crippen molar-refractivity contribution in [2.45, 2.75) is 32.5 Å². The number of pyridine rings is 2. The van der Waals surface area contributed by atoms with Crippen LogP contribution in [0.2, 0.25) is 0 Å². The van der Waals surface area contributed by atoms with Crippen LogP contribution in [0.3, 0.4) is 0 Å². The molecular weight excluding hydrogens is 387 g/mol. The number of nitrogens with one attached hydrogen (secondary N) is 1. The van der Waals surface area contributed by atoms with Gasteiger partial charge in [-0.3, -0.25) is 14.5 Å². The fraction of sp³-hybridized carbons (Fsp3) is 0.368. The quantitative estimate of drug-likeness (QED) is 0.679. The summed E-state index contributed by atoms with van der Waals surface area (Å²) in [7, 11) is 0. The SMILES string of the molecule is Cc1nc(Cn2cc3c(NC(=O)C4CC4)nccc3n2)ccc1OCC(F)(F)F. The number of fused-ring (bicyclic) bond motifs is 1. The molecule has 0 spiro atoms. The molecule has 1 aliphatic carbocycles. The number of amides is 1. The summed E-state index contributed by atoms with van der Waals surface area (Å²) in [6, 6.07) is 4.81. The molecule has 4 rings (SSSR count). The van der Waals surface area contributed by atoms with Crippen LogP contribution in [0, 0.1) is 12.8 Å². The van der Waals surface area contributed by atoms with Crippen molar-refractivity contribution in [2.75, 3.05) is 11.9 Å². The molecule has 7 nitrogen and oxygen atoms in total. The third kappa shape index (κ3) is 4.64. The monoisotopic (exact) mass is 405 g/mol. The first-order valence-corrected chi connectivity index (χ1v) is 9.07. The minimum atomic E-state index is -4.40. The van der Waals surface area contributed by atoms with Crippen LogP contribution < -0.4 is 10.1 Å². The maximum Gasteiger partial charge on any atom is 0.422 e. The Labute approximate surface area is 163 Å². The predicted molar refractivity (Wildman–Crippen MR) is 98.5 cm³/mol. The number of hydrogen-bond donors (Lipinski definition) is 1. The number of nitrogens with zero attached hydrogens (tertiary/aromatic N) is 4. The zero-order chi connectivity index (χ0) is 20.6. The minimum Gasteiger partial charge on any atom is -0.482 e. The van der Waals surface area contributed by atoms with Crippen molar-refractivity contribution in [3.05, 3.63) is 42.0 Å². The minimum absolute atomic E-state index is 0.0375. The van der Waals surface area contributed by atoms with Gasteiger partial charge in [0.15, 0.2) is 6.61 Å². The molecule has 152 valence electrons. The molecule has 0 radical (unpaired) electrons. The summed E-state index contributed by atoms with van der Waals surface area (Å²) in [4.78, 5) is 20.6. The summed E-state index contributed by atoms with van der Waals surface area (Å²) < 4.78 is 43.4.